The number of para-hydroxylation sites is 1. The van der Waals surface area contributed by atoms with E-state index in [1.54, 1.807) is 61.7 Å². The van der Waals surface area contributed by atoms with E-state index in [0.717, 1.165) is 5.69 Å². The predicted molar refractivity (Wildman–Crippen MR) is 97.4 cm³/mol. The Morgan fingerprint density at radius 3 is 2.58 bits per heavy atom. The zero-order valence-electron chi connectivity index (χ0n) is 14.1. The van der Waals surface area contributed by atoms with Crippen molar-refractivity contribution in [1.82, 2.24) is 9.97 Å². The molecule has 0 fully saturated rings. The Morgan fingerprint density at radius 2 is 1.85 bits per heavy atom. The summed E-state index contributed by atoms with van der Waals surface area (Å²) < 4.78 is 18.7. The van der Waals surface area contributed by atoms with Crippen LogP contribution in [-0.4, -0.2) is 22.5 Å². The van der Waals surface area contributed by atoms with Crippen molar-refractivity contribution >= 4 is 29.1 Å². The van der Waals surface area contributed by atoms with Crippen molar-refractivity contribution in [2.75, 3.05) is 17.2 Å². The van der Waals surface area contributed by atoms with Gasteiger partial charge in [0, 0.05) is 11.9 Å². The van der Waals surface area contributed by atoms with Crippen LogP contribution < -0.4 is 10.6 Å². The first-order valence-electron chi connectivity index (χ1n) is 8.04. The number of esters is 1. The van der Waals surface area contributed by atoms with Gasteiger partial charge in [-0.15, -0.1) is 0 Å². The van der Waals surface area contributed by atoms with E-state index >= 15 is 0 Å². The van der Waals surface area contributed by atoms with Crippen molar-refractivity contribution in [3.63, 3.8) is 0 Å². The molecule has 0 bridgehead atoms. The summed E-state index contributed by atoms with van der Waals surface area (Å²) in [6.07, 6.45) is 1.56. The molecule has 0 aliphatic rings. The monoisotopic (exact) mass is 352 g/mol. The highest BCUT2D eigenvalue weighted by molar-refractivity contribution is 5.89. The largest absolute Gasteiger partial charge is 0.462 e. The fourth-order valence-electron chi connectivity index (χ4n) is 2.22. The standard InChI is InChI=1S/C19H17FN4O2/c1-2-26-18(25)13-7-9-14(10-8-13)22-17-11-12-21-19(24-17)23-16-6-4-3-5-15(16)20/h3-12H,2H2,1H3,(H2,21,22,23,24). The van der Waals surface area contributed by atoms with Crippen LogP contribution in [0.5, 0.6) is 0 Å². The first kappa shape index (κ1) is 17.3. The second-order valence-electron chi connectivity index (χ2n) is 5.29. The molecule has 2 N–H and O–H groups in total. The van der Waals surface area contributed by atoms with Gasteiger partial charge in [-0.05, 0) is 49.4 Å². The van der Waals surface area contributed by atoms with E-state index in [2.05, 4.69) is 20.6 Å². The van der Waals surface area contributed by atoms with E-state index in [-0.39, 0.29) is 17.7 Å². The van der Waals surface area contributed by atoms with Crippen LogP contribution in [0.2, 0.25) is 0 Å². The van der Waals surface area contributed by atoms with Crippen LogP contribution >= 0.6 is 0 Å². The van der Waals surface area contributed by atoms with Crippen LogP contribution in [0.3, 0.4) is 0 Å². The molecule has 0 aliphatic heterocycles. The molecule has 0 atom stereocenters. The molecule has 0 unspecified atom stereocenters. The van der Waals surface area contributed by atoms with Gasteiger partial charge >= 0.3 is 5.97 Å². The highest BCUT2D eigenvalue weighted by atomic mass is 19.1. The van der Waals surface area contributed by atoms with Crippen molar-refractivity contribution in [1.29, 1.82) is 0 Å². The lowest BCUT2D eigenvalue weighted by Crippen LogP contribution is -2.04. The second kappa shape index (κ2) is 8.06. The van der Waals surface area contributed by atoms with Crippen molar-refractivity contribution in [2.24, 2.45) is 0 Å². The molecule has 3 aromatic rings. The van der Waals surface area contributed by atoms with Gasteiger partial charge in [0.05, 0.1) is 17.9 Å². The molecule has 3 rings (SSSR count). The van der Waals surface area contributed by atoms with Gasteiger partial charge < -0.3 is 15.4 Å². The summed E-state index contributed by atoms with van der Waals surface area (Å²) in [6.45, 7) is 2.09. The first-order chi connectivity index (χ1) is 12.7. The van der Waals surface area contributed by atoms with Crippen molar-refractivity contribution < 1.29 is 13.9 Å². The number of rotatable bonds is 6. The van der Waals surface area contributed by atoms with Crippen LogP contribution in [0.4, 0.5) is 27.5 Å². The molecule has 1 aromatic heterocycles. The van der Waals surface area contributed by atoms with E-state index in [4.69, 9.17) is 4.74 Å². The average molecular weight is 352 g/mol. The fourth-order valence-corrected chi connectivity index (χ4v) is 2.22. The molecule has 6 nitrogen and oxygen atoms in total. The second-order valence-corrected chi connectivity index (χ2v) is 5.29. The number of aromatic nitrogens is 2. The third kappa shape index (κ3) is 4.32. The minimum Gasteiger partial charge on any atom is -0.462 e. The van der Waals surface area contributed by atoms with E-state index in [0.29, 0.717) is 23.7 Å². The number of nitrogens with one attached hydrogen (secondary N) is 2. The number of hydrogen-bond acceptors (Lipinski definition) is 6. The minimum absolute atomic E-state index is 0.267. The average Bonchev–Trinajstić information content (AvgIpc) is 2.65. The SMILES string of the molecule is CCOC(=O)c1ccc(Nc2ccnc(Nc3ccccc3F)n2)cc1. The Labute approximate surface area is 150 Å². The number of anilines is 4. The van der Waals surface area contributed by atoms with E-state index < -0.39 is 0 Å². The molecule has 0 aliphatic carbocycles. The number of carbonyl (C=O) groups is 1. The highest BCUT2D eigenvalue weighted by Crippen LogP contribution is 2.20. The maximum Gasteiger partial charge on any atom is 0.338 e. The summed E-state index contributed by atoms with van der Waals surface area (Å²) in [5.74, 6) is 0.0486. The first-order valence-corrected chi connectivity index (χ1v) is 8.04. The van der Waals surface area contributed by atoms with Gasteiger partial charge in [-0.25, -0.2) is 14.2 Å². The van der Waals surface area contributed by atoms with Gasteiger partial charge in [0.2, 0.25) is 5.95 Å². The fraction of sp³-hybridized carbons (Fsp3) is 0.105. The molecule has 0 radical (unpaired) electrons. The van der Waals surface area contributed by atoms with E-state index in [9.17, 15) is 9.18 Å². The van der Waals surface area contributed by atoms with Crippen LogP contribution in [0.15, 0.2) is 60.8 Å². The normalized spacial score (nSPS) is 10.2. The smallest absolute Gasteiger partial charge is 0.338 e. The third-order valence-corrected chi connectivity index (χ3v) is 3.44. The molecule has 0 saturated heterocycles. The quantitative estimate of drug-likeness (QED) is 0.645. The van der Waals surface area contributed by atoms with Crippen molar-refractivity contribution in [3.8, 4) is 0 Å². The molecule has 2 aromatic carbocycles. The maximum atomic E-state index is 13.7. The molecular formula is C19H17FN4O2. The zero-order valence-corrected chi connectivity index (χ0v) is 14.1. The van der Waals surface area contributed by atoms with Gasteiger partial charge in [-0.1, -0.05) is 12.1 Å². The summed E-state index contributed by atoms with van der Waals surface area (Å²) in [4.78, 5) is 20.0. The highest BCUT2D eigenvalue weighted by Gasteiger charge is 2.07. The van der Waals surface area contributed by atoms with Crippen molar-refractivity contribution in [3.05, 3.63) is 72.2 Å². The molecule has 0 amide bonds. The van der Waals surface area contributed by atoms with Gasteiger partial charge in [0.15, 0.2) is 0 Å². The van der Waals surface area contributed by atoms with E-state index in [1.807, 2.05) is 0 Å². The predicted octanol–water partition coefficient (Wildman–Crippen LogP) is 4.28. The lowest BCUT2D eigenvalue weighted by Gasteiger charge is -2.09. The number of carbonyl (C=O) groups excluding carboxylic acids is 1. The van der Waals surface area contributed by atoms with Gasteiger partial charge in [-0.2, -0.15) is 4.98 Å². The molecular weight excluding hydrogens is 335 g/mol. The number of benzene rings is 2. The molecule has 7 heteroatoms. The summed E-state index contributed by atoms with van der Waals surface area (Å²) in [7, 11) is 0. The Balaban J connectivity index is 1.71. The Bertz CT molecular complexity index is 900. The Morgan fingerprint density at radius 1 is 1.08 bits per heavy atom. The summed E-state index contributed by atoms with van der Waals surface area (Å²) in [6, 6.07) is 14.8. The minimum atomic E-state index is -0.385. The van der Waals surface area contributed by atoms with Crippen molar-refractivity contribution in [2.45, 2.75) is 6.92 Å². The number of nitrogens with zero attached hydrogens (tertiary/aromatic N) is 2. The van der Waals surface area contributed by atoms with Gasteiger partial charge in [-0.3, -0.25) is 0 Å². The van der Waals surface area contributed by atoms with Crippen LogP contribution in [0.1, 0.15) is 17.3 Å². The Kier molecular flexibility index (Phi) is 5.38. The number of hydrogen-bond donors (Lipinski definition) is 2. The topological polar surface area (TPSA) is 76.1 Å². The van der Waals surface area contributed by atoms with Gasteiger partial charge in [0.25, 0.3) is 0 Å². The van der Waals surface area contributed by atoms with Crippen LogP contribution in [0, 0.1) is 5.82 Å². The zero-order chi connectivity index (χ0) is 18.4. The summed E-state index contributed by atoms with van der Waals surface area (Å²) in [5, 5.41) is 5.94. The number of ether oxygens (including phenoxy) is 1. The van der Waals surface area contributed by atoms with Crippen LogP contribution in [0.25, 0.3) is 0 Å². The molecule has 26 heavy (non-hydrogen) atoms. The summed E-state index contributed by atoms with van der Waals surface area (Å²) in [5.41, 5.74) is 1.51. The molecule has 0 spiro atoms. The molecule has 1 heterocycles. The Hall–Kier alpha value is -3.48. The summed E-state index contributed by atoms with van der Waals surface area (Å²) >= 11 is 0. The lowest BCUT2D eigenvalue weighted by molar-refractivity contribution is 0.0526. The number of halogens is 1. The van der Waals surface area contributed by atoms with E-state index in [1.165, 1.54) is 6.07 Å². The molecule has 132 valence electrons. The van der Waals surface area contributed by atoms with Crippen LogP contribution in [-0.2, 0) is 4.74 Å². The maximum absolute atomic E-state index is 13.7. The lowest BCUT2D eigenvalue weighted by atomic mass is 10.2. The molecule has 0 saturated carbocycles. The third-order valence-electron chi connectivity index (χ3n) is 3.44. The van der Waals surface area contributed by atoms with Gasteiger partial charge in [0.1, 0.15) is 11.6 Å².